The van der Waals surface area contributed by atoms with Gasteiger partial charge in [-0.3, -0.25) is 4.79 Å². The maximum absolute atomic E-state index is 11.2. The molecule has 0 fully saturated rings. The topological polar surface area (TPSA) is 38.3 Å². The van der Waals surface area contributed by atoms with Gasteiger partial charge in [0.1, 0.15) is 0 Å². The van der Waals surface area contributed by atoms with Crippen LogP contribution in [0.5, 0.6) is 0 Å². The van der Waals surface area contributed by atoms with Gasteiger partial charge in [0.25, 0.3) is 0 Å². The highest BCUT2D eigenvalue weighted by molar-refractivity contribution is 7.12. The molecule has 0 saturated carbocycles. The van der Waals surface area contributed by atoms with E-state index in [0.717, 1.165) is 17.1 Å². The molecule has 0 spiro atoms. The lowest BCUT2D eigenvalue weighted by molar-refractivity contribution is -0.139. The van der Waals surface area contributed by atoms with Gasteiger partial charge in [-0.15, -0.1) is 11.3 Å². The van der Waals surface area contributed by atoms with Crippen molar-refractivity contribution >= 4 is 23.0 Å². The minimum atomic E-state index is -0.194. The normalized spacial score (nSPS) is 10.7. The van der Waals surface area contributed by atoms with Crippen molar-refractivity contribution in [3.05, 3.63) is 51.7 Å². The fourth-order valence-electron chi connectivity index (χ4n) is 2.02. The van der Waals surface area contributed by atoms with Crippen LogP contribution in [0.1, 0.15) is 35.1 Å². The van der Waals surface area contributed by atoms with E-state index in [0.29, 0.717) is 12.3 Å². The van der Waals surface area contributed by atoms with Gasteiger partial charge in [0.05, 0.1) is 13.5 Å². The first-order chi connectivity index (χ1) is 10.1. The van der Waals surface area contributed by atoms with Crippen LogP contribution in [0.2, 0.25) is 0 Å². The SMILES string of the molecule is COC(=O)Cc1ccc(CNc2cccc(C(C)C)c2)s1. The van der Waals surface area contributed by atoms with Gasteiger partial charge in [-0.1, -0.05) is 26.0 Å². The monoisotopic (exact) mass is 303 g/mol. The number of anilines is 1. The number of thiophene rings is 1. The van der Waals surface area contributed by atoms with Crippen molar-refractivity contribution in [3.8, 4) is 0 Å². The Morgan fingerprint density at radius 2 is 2.00 bits per heavy atom. The van der Waals surface area contributed by atoms with Crippen LogP contribution >= 0.6 is 11.3 Å². The first kappa shape index (κ1) is 15.6. The van der Waals surface area contributed by atoms with Crippen LogP contribution in [0, 0.1) is 0 Å². The van der Waals surface area contributed by atoms with E-state index in [1.165, 1.54) is 17.6 Å². The fourth-order valence-corrected chi connectivity index (χ4v) is 2.97. The Balaban J connectivity index is 1.94. The lowest BCUT2D eigenvalue weighted by atomic mass is 10.0. The van der Waals surface area contributed by atoms with Crippen molar-refractivity contribution in [3.63, 3.8) is 0 Å². The largest absolute Gasteiger partial charge is 0.469 e. The first-order valence-electron chi connectivity index (χ1n) is 7.06. The van der Waals surface area contributed by atoms with E-state index in [2.05, 4.69) is 54.2 Å². The number of ether oxygens (including phenoxy) is 1. The number of hydrogen-bond donors (Lipinski definition) is 1. The average molecular weight is 303 g/mol. The lowest BCUT2D eigenvalue weighted by Crippen LogP contribution is -2.02. The van der Waals surface area contributed by atoms with Gasteiger partial charge in [0.15, 0.2) is 0 Å². The van der Waals surface area contributed by atoms with Gasteiger partial charge in [0, 0.05) is 22.0 Å². The van der Waals surface area contributed by atoms with Crippen LogP contribution in [0.25, 0.3) is 0 Å². The first-order valence-corrected chi connectivity index (χ1v) is 7.88. The van der Waals surface area contributed by atoms with Crippen LogP contribution in [0.15, 0.2) is 36.4 Å². The van der Waals surface area contributed by atoms with Crippen molar-refractivity contribution in [2.24, 2.45) is 0 Å². The summed E-state index contributed by atoms with van der Waals surface area (Å²) >= 11 is 1.64. The Kier molecular flexibility index (Phi) is 5.39. The number of methoxy groups -OCH3 is 1. The smallest absolute Gasteiger partial charge is 0.310 e. The second kappa shape index (κ2) is 7.27. The summed E-state index contributed by atoms with van der Waals surface area (Å²) < 4.78 is 4.68. The molecule has 0 aliphatic carbocycles. The maximum atomic E-state index is 11.2. The van der Waals surface area contributed by atoms with Crippen molar-refractivity contribution < 1.29 is 9.53 Å². The van der Waals surface area contributed by atoms with E-state index in [1.54, 1.807) is 11.3 Å². The molecule has 1 N–H and O–H groups in total. The van der Waals surface area contributed by atoms with E-state index in [4.69, 9.17) is 0 Å². The second-order valence-electron chi connectivity index (χ2n) is 5.25. The van der Waals surface area contributed by atoms with E-state index in [1.807, 2.05) is 6.07 Å². The zero-order valence-electron chi connectivity index (χ0n) is 12.7. The summed E-state index contributed by atoms with van der Waals surface area (Å²) in [5.41, 5.74) is 2.46. The third-order valence-corrected chi connectivity index (χ3v) is 4.37. The van der Waals surface area contributed by atoms with E-state index >= 15 is 0 Å². The molecular weight excluding hydrogens is 282 g/mol. The molecule has 1 heterocycles. The van der Waals surface area contributed by atoms with Crippen molar-refractivity contribution in [1.29, 1.82) is 0 Å². The van der Waals surface area contributed by atoms with E-state index < -0.39 is 0 Å². The summed E-state index contributed by atoms with van der Waals surface area (Å²) in [6.07, 6.45) is 0.351. The molecule has 0 bridgehead atoms. The Bertz CT molecular complexity index is 604. The maximum Gasteiger partial charge on any atom is 0.310 e. The highest BCUT2D eigenvalue weighted by atomic mass is 32.1. The molecule has 4 heteroatoms. The van der Waals surface area contributed by atoms with Gasteiger partial charge >= 0.3 is 5.97 Å². The molecule has 0 aliphatic rings. The molecule has 21 heavy (non-hydrogen) atoms. The molecule has 1 aromatic carbocycles. The van der Waals surface area contributed by atoms with Gasteiger partial charge in [0.2, 0.25) is 0 Å². The Morgan fingerprint density at radius 1 is 1.24 bits per heavy atom. The summed E-state index contributed by atoms with van der Waals surface area (Å²) in [6, 6.07) is 12.5. The second-order valence-corrected chi connectivity index (χ2v) is 6.51. The molecule has 2 rings (SSSR count). The highest BCUT2D eigenvalue weighted by Crippen LogP contribution is 2.21. The molecule has 0 saturated heterocycles. The fraction of sp³-hybridized carbons (Fsp3) is 0.353. The molecule has 0 radical (unpaired) electrons. The summed E-state index contributed by atoms with van der Waals surface area (Å²) in [7, 11) is 1.42. The number of carbonyl (C=O) groups excluding carboxylic acids is 1. The van der Waals surface area contributed by atoms with Crippen LogP contribution in [-0.4, -0.2) is 13.1 Å². The Labute approximate surface area is 130 Å². The van der Waals surface area contributed by atoms with Crippen molar-refractivity contribution in [2.75, 3.05) is 12.4 Å². The minimum absolute atomic E-state index is 0.194. The van der Waals surface area contributed by atoms with Crippen LogP contribution in [0.4, 0.5) is 5.69 Å². The van der Waals surface area contributed by atoms with Gasteiger partial charge < -0.3 is 10.1 Å². The quantitative estimate of drug-likeness (QED) is 0.813. The number of nitrogens with one attached hydrogen (secondary N) is 1. The predicted octanol–water partition coefficient (Wildman–Crippen LogP) is 4.20. The molecular formula is C17H21NO2S. The highest BCUT2D eigenvalue weighted by Gasteiger charge is 2.06. The van der Waals surface area contributed by atoms with E-state index in [-0.39, 0.29) is 5.97 Å². The molecule has 0 unspecified atom stereocenters. The third kappa shape index (κ3) is 4.60. The molecule has 0 atom stereocenters. The van der Waals surface area contributed by atoms with Crippen molar-refractivity contribution in [1.82, 2.24) is 0 Å². The van der Waals surface area contributed by atoms with Crippen LogP contribution in [0.3, 0.4) is 0 Å². The molecule has 2 aromatic rings. The number of rotatable bonds is 6. The molecule has 0 aliphatic heterocycles. The summed E-state index contributed by atoms with van der Waals surface area (Å²) in [6.45, 7) is 5.16. The van der Waals surface area contributed by atoms with Crippen LogP contribution < -0.4 is 5.32 Å². The van der Waals surface area contributed by atoms with Gasteiger partial charge in [-0.05, 0) is 35.7 Å². The number of carbonyl (C=O) groups is 1. The van der Waals surface area contributed by atoms with Crippen LogP contribution in [-0.2, 0) is 22.5 Å². The lowest BCUT2D eigenvalue weighted by Gasteiger charge is -2.09. The zero-order chi connectivity index (χ0) is 15.2. The van der Waals surface area contributed by atoms with Crippen molar-refractivity contribution in [2.45, 2.75) is 32.7 Å². The predicted molar refractivity (Wildman–Crippen MR) is 87.9 cm³/mol. The average Bonchev–Trinajstić information content (AvgIpc) is 2.92. The summed E-state index contributed by atoms with van der Waals surface area (Å²) in [4.78, 5) is 13.5. The standard InChI is InChI=1S/C17H21NO2S/c1-12(2)13-5-4-6-14(9-13)18-11-16-8-7-15(21-16)10-17(19)20-3/h4-9,12,18H,10-11H2,1-3H3. The van der Waals surface area contributed by atoms with E-state index in [9.17, 15) is 4.79 Å². The molecule has 1 aromatic heterocycles. The zero-order valence-corrected chi connectivity index (χ0v) is 13.5. The third-order valence-electron chi connectivity index (χ3n) is 3.28. The number of hydrogen-bond acceptors (Lipinski definition) is 4. The number of esters is 1. The molecule has 112 valence electrons. The van der Waals surface area contributed by atoms with Gasteiger partial charge in [-0.25, -0.2) is 0 Å². The molecule has 0 amide bonds. The summed E-state index contributed by atoms with van der Waals surface area (Å²) in [5.74, 6) is 0.334. The minimum Gasteiger partial charge on any atom is -0.469 e. The van der Waals surface area contributed by atoms with Gasteiger partial charge in [-0.2, -0.15) is 0 Å². The molecule has 3 nitrogen and oxygen atoms in total. The number of benzene rings is 1. The Hall–Kier alpha value is -1.81. The summed E-state index contributed by atoms with van der Waals surface area (Å²) in [5, 5.41) is 3.43. The Morgan fingerprint density at radius 3 is 2.71 bits per heavy atom.